The van der Waals surface area contributed by atoms with Crippen molar-refractivity contribution in [2.24, 2.45) is 0 Å². The van der Waals surface area contributed by atoms with Gasteiger partial charge in [-0.1, -0.05) is 0 Å². The van der Waals surface area contributed by atoms with Gasteiger partial charge in [0.2, 0.25) is 11.7 Å². The molecule has 0 spiro atoms. The first kappa shape index (κ1) is 26.6. The van der Waals surface area contributed by atoms with Crippen LogP contribution in [0.5, 0.6) is 0 Å². The van der Waals surface area contributed by atoms with Crippen molar-refractivity contribution in [3.05, 3.63) is 48.4 Å². The number of piperazine rings is 1. The first-order chi connectivity index (χ1) is 19.3. The zero-order valence-corrected chi connectivity index (χ0v) is 21.4. The molecule has 0 bridgehead atoms. The predicted molar refractivity (Wildman–Crippen MR) is 136 cm³/mol. The van der Waals surface area contributed by atoms with Crippen LogP contribution < -0.4 is 20.4 Å². The largest absolute Gasteiger partial charge is 0.453 e. The fourth-order valence-corrected chi connectivity index (χ4v) is 4.48. The monoisotopic (exact) mass is 555 g/mol. The number of fused-ring (bicyclic) bond motifs is 1. The molecule has 2 aliphatic heterocycles. The van der Waals surface area contributed by atoms with Crippen LogP contribution in [0.2, 0.25) is 0 Å². The van der Waals surface area contributed by atoms with Gasteiger partial charge in [-0.15, -0.1) is 10.2 Å². The molecule has 3 aromatic rings. The molecule has 4 amide bonds. The Morgan fingerprint density at radius 3 is 2.70 bits per heavy atom. The van der Waals surface area contributed by atoms with Crippen LogP contribution in [0.4, 0.5) is 25.4 Å². The Morgan fingerprint density at radius 2 is 1.95 bits per heavy atom. The van der Waals surface area contributed by atoms with E-state index in [1.165, 1.54) is 34.9 Å². The van der Waals surface area contributed by atoms with Crippen molar-refractivity contribution in [2.75, 3.05) is 62.7 Å². The Bertz CT molecular complexity index is 1440. The first-order valence-electron chi connectivity index (χ1n) is 12.4. The molecule has 15 nitrogen and oxygen atoms in total. The lowest BCUT2D eigenvalue weighted by Crippen LogP contribution is -2.51. The second-order valence-electron chi connectivity index (χ2n) is 9.00. The zero-order valence-electron chi connectivity index (χ0n) is 21.4. The third kappa shape index (κ3) is 5.55. The van der Waals surface area contributed by atoms with Gasteiger partial charge in [-0.05, 0) is 18.2 Å². The molecule has 1 aromatic carbocycles. The Morgan fingerprint density at radius 1 is 1.15 bits per heavy atom. The molecule has 0 saturated carbocycles. The van der Waals surface area contributed by atoms with Crippen molar-refractivity contribution in [1.82, 2.24) is 35.1 Å². The predicted octanol–water partition coefficient (Wildman–Crippen LogP) is 0.0232. The average molecular weight is 556 g/mol. The number of anilines is 2. The molecule has 5 rings (SSSR count). The van der Waals surface area contributed by atoms with Crippen LogP contribution in [0.1, 0.15) is 10.6 Å². The second kappa shape index (κ2) is 11.4. The van der Waals surface area contributed by atoms with Gasteiger partial charge in [-0.25, -0.2) is 14.0 Å². The number of aromatic nitrogens is 4. The molecule has 2 N–H and O–H groups in total. The van der Waals surface area contributed by atoms with Crippen LogP contribution >= 0.6 is 0 Å². The van der Waals surface area contributed by atoms with Crippen molar-refractivity contribution < 1.29 is 33.0 Å². The van der Waals surface area contributed by atoms with E-state index in [1.54, 1.807) is 23.2 Å². The maximum absolute atomic E-state index is 15.1. The van der Waals surface area contributed by atoms with E-state index in [1.807, 2.05) is 4.90 Å². The number of amides is 4. The standard InChI is InChI=1S/C24H26FN9O6/c1-39-23(37)28-11-16-14-34(24(38)40-16)15-2-3-18(17(25)10-15)31-6-8-32(9-7-31)20(35)13-27-22(36)21-30-29-19-12-26-4-5-33(19)21/h2-5,10,12,16H,6-9,11,13-14H2,1H3,(H,27,36)(H,28,37). The Hall–Kier alpha value is -5.02. The summed E-state index contributed by atoms with van der Waals surface area (Å²) in [6.45, 7) is 1.42. The molecule has 4 heterocycles. The topological polar surface area (TPSA) is 164 Å². The summed E-state index contributed by atoms with van der Waals surface area (Å²) in [6.07, 6.45) is 2.63. The van der Waals surface area contributed by atoms with Crippen molar-refractivity contribution in [3.63, 3.8) is 0 Å². The average Bonchev–Trinajstić information content (AvgIpc) is 3.58. The second-order valence-corrected chi connectivity index (χ2v) is 9.00. The van der Waals surface area contributed by atoms with Gasteiger partial charge in [0, 0.05) is 38.6 Å². The number of rotatable bonds is 7. The number of benzene rings is 1. The number of methoxy groups -OCH3 is 1. The van der Waals surface area contributed by atoms with Gasteiger partial charge in [0.25, 0.3) is 5.91 Å². The summed E-state index contributed by atoms with van der Waals surface area (Å²) in [7, 11) is 1.23. The summed E-state index contributed by atoms with van der Waals surface area (Å²) in [5.41, 5.74) is 1.08. The van der Waals surface area contributed by atoms with Gasteiger partial charge >= 0.3 is 12.2 Å². The van der Waals surface area contributed by atoms with Crippen molar-refractivity contribution in [1.29, 1.82) is 0 Å². The number of halogens is 1. The molecule has 1 atom stereocenters. The van der Waals surface area contributed by atoms with Crippen LogP contribution in [-0.4, -0.2) is 108 Å². The lowest BCUT2D eigenvalue weighted by molar-refractivity contribution is -0.130. The van der Waals surface area contributed by atoms with Crippen LogP contribution in [0, 0.1) is 5.82 Å². The number of nitrogens with zero attached hydrogens (tertiary/aromatic N) is 7. The number of alkyl carbamates (subject to hydrolysis) is 1. The SMILES string of the molecule is COC(=O)NCC1CN(c2ccc(N3CCN(C(=O)CNC(=O)c4nnc5cnccn45)CC3)c(F)c2)C(=O)O1. The number of hydrogen-bond donors (Lipinski definition) is 2. The molecular weight excluding hydrogens is 529 g/mol. The number of carbonyl (C=O) groups excluding carboxylic acids is 4. The smallest absolute Gasteiger partial charge is 0.414 e. The van der Waals surface area contributed by atoms with Crippen molar-refractivity contribution in [3.8, 4) is 0 Å². The van der Waals surface area contributed by atoms with Gasteiger partial charge in [0.1, 0.15) is 11.9 Å². The molecule has 1 unspecified atom stereocenters. The van der Waals surface area contributed by atoms with Crippen LogP contribution in [0.25, 0.3) is 5.65 Å². The van der Waals surface area contributed by atoms with E-state index >= 15 is 4.39 Å². The molecule has 2 aliphatic rings. The van der Waals surface area contributed by atoms with Gasteiger partial charge in [-0.2, -0.15) is 0 Å². The zero-order chi connectivity index (χ0) is 28.2. The molecule has 210 valence electrons. The highest BCUT2D eigenvalue weighted by atomic mass is 19.1. The maximum atomic E-state index is 15.1. The number of nitrogens with one attached hydrogen (secondary N) is 2. The van der Waals surface area contributed by atoms with Gasteiger partial charge < -0.3 is 29.9 Å². The quantitative estimate of drug-likeness (QED) is 0.406. The number of carbonyl (C=O) groups is 4. The number of hydrogen-bond acceptors (Lipinski definition) is 10. The van der Waals surface area contributed by atoms with Crippen LogP contribution in [0.15, 0.2) is 36.8 Å². The highest BCUT2D eigenvalue weighted by Crippen LogP contribution is 2.28. The summed E-state index contributed by atoms with van der Waals surface area (Å²) in [5, 5.41) is 12.7. The molecular formula is C24H26FN9O6. The Kier molecular flexibility index (Phi) is 7.56. The van der Waals surface area contributed by atoms with Gasteiger partial charge in [-0.3, -0.25) is 23.9 Å². The fourth-order valence-electron chi connectivity index (χ4n) is 4.48. The van der Waals surface area contributed by atoms with Gasteiger partial charge in [0.15, 0.2) is 5.65 Å². The van der Waals surface area contributed by atoms with E-state index in [0.717, 1.165) is 0 Å². The first-order valence-corrected chi connectivity index (χ1v) is 12.4. The lowest BCUT2D eigenvalue weighted by atomic mass is 10.2. The van der Waals surface area contributed by atoms with E-state index < -0.39 is 30.0 Å². The highest BCUT2D eigenvalue weighted by Gasteiger charge is 2.33. The third-order valence-electron chi connectivity index (χ3n) is 6.57. The van der Waals surface area contributed by atoms with Crippen LogP contribution in [0.3, 0.4) is 0 Å². The molecule has 2 aromatic heterocycles. The highest BCUT2D eigenvalue weighted by molar-refractivity contribution is 5.94. The molecule has 16 heteroatoms. The van der Waals surface area contributed by atoms with Crippen molar-refractivity contribution >= 4 is 41.0 Å². The Labute approximate surface area is 226 Å². The summed E-state index contributed by atoms with van der Waals surface area (Å²) >= 11 is 0. The summed E-state index contributed by atoms with van der Waals surface area (Å²) in [5.74, 6) is -1.29. The van der Waals surface area contributed by atoms with Gasteiger partial charge in [0.05, 0.1) is 44.3 Å². The summed E-state index contributed by atoms with van der Waals surface area (Å²) in [4.78, 5) is 57.3. The molecule has 0 radical (unpaired) electrons. The molecule has 2 fully saturated rings. The number of ether oxygens (including phenoxy) is 2. The van der Waals surface area contributed by atoms with E-state index in [-0.39, 0.29) is 31.4 Å². The lowest BCUT2D eigenvalue weighted by Gasteiger charge is -2.36. The van der Waals surface area contributed by atoms with E-state index in [9.17, 15) is 19.2 Å². The Balaban J connectivity index is 1.12. The fraction of sp³-hybridized carbons (Fsp3) is 0.375. The minimum atomic E-state index is -0.644. The minimum Gasteiger partial charge on any atom is -0.453 e. The minimum absolute atomic E-state index is 0.0458. The van der Waals surface area contributed by atoms with Crippen molar-refractivity contribution in [2.45, 2.75) is 6.10 Å². The molecule has 0 aliphatic carbocycles. The maximum Gasteiger partial charge on any atom is 0.414 e. The molecule has 40 heavy (non-hydrogen) atoms. The van der Waals surface area contributed by atoms with E-state index in [2.05, 4.69) is 30.6 Å². The number of cyclic esters (lactones) is 1. The van der Waals surface area contributed by atoms with Crippen LogP contribution in [-0.2, 0) is 14.3 Å². The molecule has 2 saturated heterocycles. The normalized spacial score (nSPS) is 17.1. The van der Waals surface area contributed by atoms with E-state index in [0.29, 0.717) is 43.2 Å². The summed E-state index contributed by atoms with van der Waals surface area (Å²) < 4.78 is 26.3. The third-order valence-corrected chi connectivity index (χ3v) is 6.57. The van der Waals surface area contributed by atoms with E-state index in [4.69, 9.17) is 4.74 Å². The summed E-state index contributed by atoms with van der Waals surface area (Å²) in [6, 6.07) is 4.45.